The molecule has 0 saturated carbocycles. The van der Waals surface area contributed by atoms with Crippen molar-refractivity contribution in [3.8, 4) is 11.8 Å². The van der Waals surface area contributed by atoms with Crippen LogP contribution in [0, 0.1) is 11.3 Å². The van der Waals surface area contributed by atoms with E-state index in [1.807, 2.05) is 61.6 Å². The van der Waals surface area contributed by atoms with Crippen LogP contribution in [0.4, 0.5) is 0 Å². The number of guanidine groups is 1. The monoisotopic (exact) mass is 377 g/mol. The number of nitrogens with one attached hydrogen (secondary N) is 1. The second-order valence-electron chi connectivity index (χ2n) is 6.70. The van der Waals surface area contributed by atoms with E-state index in [2.05, 4.69) is 26.2 Å². The van der Waals surface area contributed by atoms with Crippen molar-refractivity contribution in [3.63, 3.8) is 0 Å². The van der Waals surface area contributed by atoms with Crippen LogP contribution >= 0.6 is 0 Å². The molecule has 1 saturated heterocycles. The Kier molecular flexibility index (Phi) is 7.28. The zero-order valence-corrected chi connectivity index (χ0v) is 16.3. The van der Waals surface area contributed by atoms with Crippen LogP contribution in [0.25, 0.3) is 0 Å². The van der Waals surface area contributed by atoms with Gasteiger partial charge in [-0.25, -0.2) is 0 Å². The summed E-state index contributed by atoms with van der Waals surface area (Å²) in [7, 11) is 1.82. The summed E-state index contributed by atoms with van der Waals surface area (Å²) in [6, 6.07) is 19.7. The van der Waals surface area contributed by atoms with Gasteiger partial charge in [-0.2, -0.15) is 5.26 Å². The predicted octanol–water partition coefficient (Wildman–Crippen LogP) is 2.33. The van der Waals surface area contributed by atoms with Crippen LogP contribution in [0.3, 0.4) is 0 Å². The highest BCUT2D eigenvalue weighted by atomic mass is 16.5. The van der Waals surface area contributed by atoms with Gasteiger partial charge in [0.2, 0.25) is 0 Å². The Hall–Kier alpha value is -3.04. The second-order valence-corrected chi connectivity index (χ2v) is 6.70. The van der Waals surface area contributed by atoms with Crippen molar-refractivity contribution in [1.29, 1.82) is 5.26 Å². The number of rotatable bonds is 6. The van der Waals surface area contributed by atoms with Crippen LogP contribution in [0.2, 0.25) is 0 Å². The van der Waals surface area contributed by atoms with Crippen LogP contribution in [0.1, 0.15) is 11.1 Å². The van der Waals surface area contributed by atoms with Gasteiger partial charge in [0.05, 0.1) is 11.6 Å². The molecule has 146 valence electrons. The van der Waals surface area contributed by atoms with E-state index < -0.39 is 0 Å². The number of benzene rings is 2. The third kappa shape index (κ3) is 5.73. The summed E-state index contributed by atoms with van der Waals surface area (Å²) in [6.07, 6.45) is 0. The molecule has 0 unspecified atom stereocenters. The summed E-state index contributed by atoms with van der Waals surface area (Å²) in [5, 5.41) is 12.3. The van der Waals surface area contributed by atoms with Gasteiger partial charge in [0, 0.05) is 46.3 Å². The number of piperazine rings is 1. The molecule has 6 nitrogen and oxygen atoms in total. The van der Waals surface area contributed by atoms with Gasteiger partial charge in [0.25, 0.3) is 0 Å². The van der Waals surface area contributed by atoms with Crippen LogP contribution in [0.5, 0.6) is 5.75 Å². The van der Waals surface area contributed by atoms with Gasteiger partial charge in [-0.3, -0.25) is 9.89 Å². The molecule has 0 aliphatic carbocycles. The SMILES string of the molecule is CN=C(NCc1ccc(C#N)cc1)N1CCN(CCOc2ccccc2)CC1. The van der Waals surface area contributed by atoms with E-state index in [-0.39, 0.29) is 0 Å². The van der Waals surface area contributed by atoms with Crippen molar-refractivity contribution in [1.82, 2.24) is 15.1 Å². The summed E-state index contributed by atoms with van der Waals surface area (Å²) < 4.78 is 5.80. The maximum absolute atomic E-state index is 8.89. The first-order valence-corrected chi connectivity index (χ1v) is 9.63. The lowest BCUT2D eigenvalue weighted by molar-refractivity contribution is 0.152. The molecule has 2 aromatic rings. The van der Waals surface area contributed by atoms with E-state index in [9.17, 15) is 0 Å². The highest BCUT2D eigenvalue weighted by Crippen LogP contribution is 2.09. The highest BCUT2D eigenvalue weighted by Gasteiger charge is 2.19. The molecule has 0 bridgehead atoms. The van der Waals surface area contributed by atoms with Crippen molar-refractivity contribution >= 4 is 5.96 Å². The lowest BCUT2D eigenvalue weighted by atomic mass is 10.1. The average Bonchev–Trinajstić information content (AvgIpc) is 2.76. The first-order valence-electron chi connectivity index (χ1n) is 9.63. The molecule has 1 aliphatic heterocycles. The minimum Gasteiger partial charge on any atom is -0.492 e. The van der Waals surface area contributed by atoms with Gasteiger partial charge in [-0.1, -0.05) is 30.3 Å². The second kappa shape index (κ2) is 10.3. The molecule has 0 aromatic heterocycles. The molecule has 1 heterocycles. The maximum atomic E-state index is 8.89. The lowest BCUT2D eigenvalue weighted by Crippen LogP contribution is -2.52. The van der Waals surface area contributed by atoms with E-state index in [1.54, 1.807) is 0 Å². The number of aliphatic imine (C=N–C) groups is 1. The van der Waals surface area contributed by atoms with E-state index in [0.717, 1.165) is 50.0 Å². The maximum Gasteiger partial charge on any atom is 0.194 e. The Morgan fingerprint density at radius 3 is 2.43 bits per heavy atom. The third-order valence-corrected chi connectivity index (χ3v) is 4.84. The highest BCUT2D eigenvalue weighted by molar-refractivity contribution is 5.80. The lowest BCUT2D eigenvalue weighted by Gasteiger charge is -2.36. The standard InChI is InChI=1S/C22H27N5O/c1-24-22(25-18-20-9-7-19(17-23)8-10-20)27-13-11-26(12-14-27)15-16-28-21-5-3-2-4-6-21/h2-10H,11-16,18H2,1H3,(H,24,25). The molecule has 2 aromatic carbocycles. The van der Waals surface area contributed by atoms with E-state index in [1.165, 1.54) is 0 Å². The van der Waals surface area contributed by atoms with Gasteiger partial charge < -0.3 is 15.0 Å². The fraction of sp³-hybridized carbons (Fsp3) is 0.364. The zero-order valence-electron chi connectivity index (χ0n) is 16.3. The Bertz CT molecular complexity index is 790. The summed E-state index contributed by atoms with van der Waals surface area (Å²) in [5.41, 5.74) is 1.82. The fourth-order valence-corrected chi connectivity index (χ4v) is 3.20. The van der Waals surface area contributed by atoms with Gasteiger partial charge in [-0.15, -0.1) is 0 Å². The quantitative estimate of drug-likeness (QED) is 0.618. The van der Waals surface area contributed by atoms with Crippen LogP contribution in [0.15, 0.2) is 59.6 Å². The third-order valence-electron chi connectivity index (χ3n) is 4.84. The normalized spacial score (nSPS) is 15.1. The molecule has 0 radical (unpaired) electrons. The van der Waals surface area contributed by atoms with E-state index >= 15 is 0 Å². The van der Waals surface area contributed by atoms with E-state index in [0.29, 0.717) is 18.7 Å². The van der Waals surface area contributed by atoms with Crippen molar-refractivity contribution in [3.05, 3.63) is 65.7 Å². The van der Waals surface area contributed by atoms with Gasteiger partial charge in [0.15, 0.2) is 5.96 Å². The van der Waals surface area contributed by atoms with Gasteiger partial charge >= 0.3 is 0 Å². The summed E-state index contributed by atoms with van der Waals surface area (Å²) in [6.45, 7) is 6.21. The first kappa shape index (κ1) is 19.7. The Balaban J connectivity index is 1.39. The number of nitriles is 1. The molecule has 1 N–H and O–H groups in total. The van der Waals surface area contributed by atoms with Crippen molar-refractivity contribution < 1.29 is 4.74 Å². The minimum atomic E-state index is 0.681. The zero-order chi connectivity index (χ0) is 19.6. The smallest absolute Gasteiger partial charge is 0.194 e. The molecule has 0 atom stereocenters. The molecule has 0 amide bonds. The Morgan fingerprint density at radius 2 is 1.79 bits per heavy atom. The van der Waals surface area contributed by atoms with Crippen LogP contribution in [-0.2, 0) is 6.54 Å². The fourth-order valence-electron chi connectivity index (χ4n) is 3.20. The summed E-state index contributed by atoms with van der Waals surface area (Å²) in [5.74, 6) is 1.85. The van der Waals surface area contributed by atoms with Crippen molar-refractivity contribution in [2.24, 2.45) is 4.99 Å². The number of hydrogen-bond acceptors (Lipinski definition) is 4. The Morgan fingerprint density at radius 1 is 1.07 bits per heavy atom. The minimum absolute atomic E-state index is 0.681. The largest absolute Gasteiger partial charge is 0.492 e. The molecular formula is C22H27N5O. The number of nitrogens with zero attached hydrogens (tertiary/aromatic N) is 4. The summed E-state index contributed by atoms with van der Waals surface area (Å²) in [4.78, 5) is 9.14. The topological polar surface area (TPSA) is 63.9 Å². The van der Waals surface area contributed by atoms with Gasteiger partial charge in [0.1, 0.15) is 12.4 Å². The molecule has 28 heavy (non-hydrogen) atoms. The molecule has 1 fully saturated rings. The summed E-state index contributed by atoms with van der Waals surface area (Å²) >= 11 is 0. The average molecular weight is 377 g/mol. The first-order chi connectivity index (χ1) is 13.8. The molecule has 0 spiro atoms. The number of hydrogen-bond donors (Lipinski definition) is 1. The van der Waals surface area contributed by atoms with Crippen LogP contribution in [-0.4, -0.2) is 62.1 Å². The van der Waals surface area contributed by atoms with Gasteiger partial charge in [-0.05, 0) is 29.8 Å². The molecule has 3 rings (SSSR count). The predicted molar refractivity (Wildman–Crippen MR) is 111 cm³/mol. The van der Waals surface area contributed by atoms with Crippen molar-refractivity contribution in [2.75, 3.05) is 46.4 Å². The molecule has 6 heteroatoms. The Labute approximate surface area is 167 Å². The van der Waals surface area contributed by atoms with E-state index in [4.69, 9.17) is 10.00 Å². The number of para-hydroxylation sites is 1. The molecular weight excluding hydrogens is 350 g/mol. The number of ether oxygens (including phenoxy) is 1. The van der Waals surface area contributed by atoms with Crippen molar-refractivity contribution in [2.45, 2.75) is 6.54 Å². The molecule has 1 aliphatic rings. The van der Waals surface area contributed by atoms with Crippen LogP contribution < -0.4 is 10.1 Å².